The van der Waals surface area contributed by atoms with E-state index >= 15 is 0 Å². The monoisotopic (exact) mass is 283 g/mol. The second kappa shape index (κ2) is 7.38. The van der Waals surface area contributed by atoms with Gasteiger partial charge in [-0.15, -0.1) is 0 Å². The fourth-order valence-electron chi connectivity index (χ4n) is 3.41. The third-order valence-electron chi connectivity index (χ3n) is 4.63. The summed E-state index contributed by atoms with van der Waals surface area (Å²) in [5.41, 5.74) is 0. The minimum atomic E-state index is 0.211. The van der Waals surface area contributed by atoms with Gasteiger partial charge in [0.2, 0.25) is 5.91 Å². The number of carbonyl (C=O) groups excluding carboxylic acids is 1. The molecule has 2 atom stereocenters. The van der Waals surface area contributed by atoms with Gasteiger partial charge in [-0.2, -0.15) is 0 Å². The Kier molecular flexibility index (Phi) is 5.81. The van der Waals surface area contributed by atoms with Crippen LogP contribution in [0.5, 0.6) is 0 Å². The van der Waals surface area contributed by atoms with Gasteiger partial charge in [0, 0.05) is 65.4 Å². The summed E-state index contributed by atoms with van der Waals surface area (Å²) < 4.78 is 5.45. The fourth-order valence-corrected chi connectivity index (χ4v) is 3.41. The molecule has 5 nitrogen and oxygen atoms in total. The van der Waals surface area contributed by atoms with Gasteiger partial charge >= 0.3 is 0 Å². The zero-order valence-corrected chi connectivity index (χ0v) is 13.2. The van der Waals surface area contributed by atoms with E-state index in [9.17, 15) is 4.79 Å². The van der Waals surface area contributed by atoms with Gasteiger partial charge in [0.15, 0.2) is 0 Å². The second-order valence-corrected chi connectivity index (χ2v) is 6.04. The van der Waals surface area contributed by atoms with Gasteiger partial charge in [0.25, 0.3) is 0 Å². The average Bonchev–Trinajstić information content (AvgIpc) is 2.80. The summed E-state index contributed by atoms with van der Waals surface area (Å²) in [4.78, 5) is 18.4. The first-order valence-corrected chi connectivity index (χ1v) is 7.91. The van der Waals surface area contributed by atoms with Crippen molar-refractivity contribution in [1.82, 2.24) is 14.7 Å². The molecule has 2 heterocycles. The second-order valence-electron chi connectivity index (χ2n) is 6.04. The summed E-state index contributed by atoms with van der Waals surface area (Å²) >= 11 is 0. The number of nitrogens with zero attached hydrogens (tertiary/aromatic N) is 3. The van der Waals surface area contributed by atoms with E-state index in [2.05, 4.69) is 16.7 Å². The molecule has 20 heavy (non-hydrogen) atoms. The normalized spacial score (nSPS) is 29.1. The molecule has 0 aromatic rings. The molecule has 2 saturated heterocycles. The number of hydrogen-bond donors (Lipinski definition) is 0. The lowest BCUT2D eigenvalue weighted by molar-refractivity contribution is -0.130. The van der Waals surface area contributed by atoms with E-state index in [0.29, 0.717) is 12.0 Å². The van der Waals surface area contributed by atoms with Gasteiger partial charge in [0.05, 0.1) is 6.61 Å². The molecule has 0 unspecified atom stereocenters. The van der Waals surface area contributed by atoms with Crippen LogP contribution in [-0.2, 0) is 9.53 Å². The highest BCUT2D eigenvalue weighted by molar-refractivity contribution is 5.73. The summed E-state index contributed by atoms with van der Waals surface area (Å²) in [6.07, 6.45) is 0. The smallest absolute Gasteiger partial charge is 0.219 e. The van der Waals surface area contributed by atoms with Crippen LogP contribution in [-0.4, -0.2) is 85.7 Å². The van der Waals surface area contributed by atoms with E-state index in [1.54, 1.807) is 6.92 Å². The maximum Gasteiger partial charge on any atom is 0.219 e. The molecule has 2 aliphatic rings. The van der Waals surface area contributed by atoms with Crippen LogP contribution < -0.4 is 0 Å². The third-order valence-corrected chi connectivity index (χ3v) is 4.63. The maximum absolute atomic E-state index is 11.4. The predicted octanol–water partition coefficient (Wildman–Crippen LogP) is 0.507. The highest BCUT2D eigenvalue weighted by Crippen LogP contribution is 2.22. The van der Waals surface area contributed by atoms with E-state index in [4.69, 9.17) is 4.74 Å². The Bertz CT molecular complexity index is 316. The molecule has 2 rings (SSSR count). The van der Waals surface area contributed by atoms with Crippen LogP contribution in [0.2, 0.25) is 0 Å². The standard InChI is InChI=1S/C15H29N3O2/c1-4-20-10-9-16-11-13(2)15(12-16)18-7-5-17(6-8-18)14(3)19/h13,15H,4-12H2,1-3H3/t13-,15-/m1/s1. The predicted molar refractivity (Wildman–Crippen MR) is 79.7 cm³/mol. The first kappa shape index (κ1) is 15.7. The Labute approximate surface area is 122 Å². The highest BCUT2D eigenvalue weighted by atomic mass is 16.5. The Hall–Kier alpha value is -0.650. The summed E-state index contributed by atoms with van der Waals surface area (Å²) in [7, 11) is 0. The van der Waals surface area contributed by atoms with Crippen molar-refractivity contribution in [3.63, 3.8) is 0 Å². The van der Waals surface area contributed by atoms with Crippen LogP contribution in [0.15, 0.2) is 0 Å². The zero-order chi connectivity index (χ0) is 14.5. The molecule has 2 fully saturated rings. The largest absolute Gasteiger partial charge is 0.380 e. The van der Waals surface area contributed by atoms with Crippen molar-refractivity contribution in [3.8, 4) is 0 Å². The number of rotatable bonds is 5. The van der Waals surface area contributed by atoms with Crippen LogP contribution in [0.1, 0.15) is 20.8 Å². The Morgan fingerprint density at radius 1 is 1.20 bits per heavy atom. The van der Waals surface area contributed by atoms with Crippen LogP contribution in [0, 0.1) is 5.92 Å². The number of likely N-dealkylation sites (tertiary alicyclic amines) is 1. The molecule has 1 amide bonds. The average molecular weight is 283 g/mol. The zero-order valence-electron chi connectivity index (χ0n) is 13.2. The molecule has 0 saturated carbocycles. The molecule has 0 radical (unpaired) electrons. The van der Waals surface area contributed by atoms with Crippen LogP contribution in [0.25, 0.3) is 0 Å². The Morgan fingerprint density at radius 2 is 1.90 bits per heavy atom. The minimum Gasteiger partial charge on any atom is -0.380 e. The van der Waals surface area contributed by atoms with Crippen molar-refractivity contribution in [2.24, 2.45) is 5.92 Å². The molecule has 0 aromatic carbocycles. The number of amides is 1. The van der Waals surface area contributed by atoms with Crippen LogP contribution in [0.4, 0.5) is 0 Å². The number of ether oxygens (including phenoxy) is 1. The summed E-state index contributed by atoms with van der Waals surface area (Å²) in [5, 5.41) is 0. The van der Waals surface area contributed by atoms with Crippen molar-refractivity contribution in [2.45, 2.75) is 26.8 Å². The van der Waals surface area contributed by atoms with E-state index in [1.165, 1.54) is 6.54 Å². The molecule has 0 N–H and O–H groups in total. The van der Waals surface area contributed by atoms with Crippen molar-refractivity contribution in [2.75, 3.05) is 59.0 Å². The first-order chi connectivity index (χ1) is 9.61. The van der Waals surface area contributed by atoms with Crippen molar-refractivity contribution >= 4 is 5.91 Å². The topological polar surface area (TPSA) is 36.0 Å². The lowest BCUT2D eigenvalue weighted by Crippen LogP contribution is -2.53. The fraction of sp³-hybridized carbons (Fsp3) is 0.933. The number of carbonyl (C=O) groups is 1. The van der Waals surface area contributed by atoms with E-state index in [0.717, 1.165) is 52.5 Å². The van der Waals surface area contributed by atoms with Crippen molar-refractivity contribution < 1.29 is 9.53 Å². The van der Waals surface area contributed by atoms with Gasteiger partial charge in [-0.1, -0.05) is 6.92 Å². The number of piperazine rings is 1. The molecule has 5 heteroatoms. The molecule has 0 bridgehead atoms. The third kappa shape index (κ3) is 3.93. The number of hydrogen-bond acceptors (Lipinski definition) is 4. The molecule has 2 aliphatic heterocycles. The lowest BCUT2D eigenvalue weighted by atomic mass is 10.0. The molecule has 116 valence electrons. The minimum absolute atomic E-state index is 0.211. The lowest BCUT2D eigenvalue weighted by Gasteiger charge is -2.39. The quantitative estimate of drug-likeness (QED) is 0.689. The highest BCUT2D eigenvalue weighted by Gasteiger charge is 2.35. The van der Waals surface area contributed by atoms with Gasteiger partial charge < -0.3 is 9.64 Å². The molecule has 0 aliphatic carbocycles. The van der Waals surface area contributed by atoms with E-state index < -0.39 is 0 Å². The van der Waals surface area contributed by atoms with Crippen molar-refractivity contribution in [1.29, 1.82) is 0 Å². The molecule has 0 aromatic heterocycles. The Balaban J connectivity index is 1.77. The van der Waals surface area contributed by atoms with Crippen LogP contribution >= 0.6 is 0 Å². The maximum atomic E-state index is 11.4. The van der Waals surface area contributed by atoms with Crippen LogP contribution in [0.3, 0.4) is 0 Å². The van der Waals surface area contributed by atoms with E-state index in [1.807, 2.05) is 11.8 Å². The molecular weight excluding hydrogens is 254 g/mol. The summed E-state index contributed by atoms with van der Waals surface area (Å²) in [5.74, 6) is 0.919. The van der Waals surface area contributed by atoms with Gasteiger partial charge in [-0.3, -0.25) is 14.6 Å². The summed E-state index contributed by atoms with van der Waals surface area (Å²) in [6.45, 7) is 14.9. The summed E-state index contributed by atoms with van der Waals surface area (Å²) in [6, 6.07) is 0.644. The Morgan fingerprint density at radius 3 is 2.50 bits per heavy atom. The van der Waals surface area contributed by atoms with Gasteiger partial charge in [-0.25, -0.2) is 0 Å². The van der Waals surface area contributed by atoms with E-state index in [-0.39, 0.29) is 5.91 Å². The van der Waals surface area contributed by atoms with Gasteiger partial charge in [0.1, 0.15) is 0 Å². The SMILES string of the molecule is CCOCCN1C[C@@H](C)[C@H](N2CCN(C(C)=O)CC2)C1. The molecule has 0 spiro atoms. The molecular formula is C15H29N3O2. The van der Waals surface area contributed by atoms with Crippen molar-refractivity contribution in [3.05, 3.63) is 0 Å². The first-order valence-electron chi connectivity index (χ1n) is 7.91. The van der Waals surface area contributed by atoms with Gasteiger partial charge in [-0.05, 0) is 12.8 Å².